The second-order valence-corrected chi connectivity index (χ2v) is 11.2. The molecule has 6 unspecified atom stereocenters. The van der Waals surface area contributed by atoms with Crippen LogP contribution in [0.1, 0.15) is 125 Å². The molecule has 30 heavy (non-hydrogen) atoms. The molecule has 3 heteroatoms. The molecule has 3 nitrogen and oxygen atoms in total. The fourth-order valence-electron chi connectivity index (χ4n) is 4.85. The van der Waals surface area contributed by atoms with Crippen LogP contribution in [0.25, 0.3) is 0 Å². The van der Waals surface area contributed by atoms with Gasteiger partial charge in [0.2, 0.25) is 0 Å². The minimum Gasteiger partial charge on any atom is -0.390 e. The van der Waals surface area contributed by atoms with Crippen LogP contribution >= 0.6 is 0 Å². The van der Waals surface area contributed by atoms with Gasteiger partial charge < -0.3 is 15.3 Å². The van der Waals surface area contributed by atoms with Crippen molar-refractivity contribution in [2.75, 3.05) is 0 Å². The topological polar surface area (TPSA) is 60.7 Å². The van der Waals surface area contributed by atoms with Gasteiger partial charge in [-0.1, -0.05) is 71.4 Å². The van der Waals surface area contributed by atoms with E-state index in [2.05, 4.69) is 33.8 Å². The maximum absolute atomic E-state index is 10.7. The first-order valence-corrected chi connectivity index (χ1v) is 12.8. The molecule has 0 saturated heterocycles. The molecule has 0 saturated carbocycles. The number of unbranched alkanes of at least 4 members (excludes halogenated alkanes) is 2. The Morgan fingerprint density at radius 1 is 0.933 bits per heavy atom. The van der Waals surface area contributed by atoms with Crippen LogP contribution in [0.2, 0.25) is 0 Å². The number of aliphatic hydroxyl groups excluding tert-OH is 1. The van der Waals surface area contributed by atoms with Gasteiger partial charge in [0.25, 0.3) is 0 Å². The van der Waals surface area contributed by atoms with Crippen molar-refractivity contribution in [1.82, 2.24) is 0 Å². The van der Waals surface area contributed by atoms with Gasteiger partial charge in [0.1, 0.15) is 0 Å². The van der Waals surface area contributed by atoms with Crippen molar-refractivity contribution in [2.24, 2.45) is 17.8 Å². The van der Waals surface area contributed by atoms with Gasteiger partial charge in [-0.15, -0.1) is 0 Å². The lowest BCUT2D eigenvalue weighted by Gasteiger charge is -2.30. The van der Waals surface area contributed by atoms with Crippen molar-refractivity contribution in [3.63, 3.8) is 0 Å². The molecule has 0 bridgehead atoms. The summed E-state index contributed by atoms with van der Waals surface area (Å²) in [7, 11) is 0. The lowest BCUT2D eigenvalue weighted by Crippen LogP contribution is -2.28. The van der Waals surface area contributed by atoms with Crippen molar-refractivity contribution in [3.8, 4) is 0 Å². The van der Waals surface area contributed by atoms with Crippen molar-refractivity contribution in [2.45, 2.75) is 142 Å². The standard InChI is InChI=1S/C27H52O3/c1-7-8-9-15-26(5,29)17-11-18-27(6,30)16-10-12-21(2)13-14-24-19-22(3)23(4)25(28)20-24/h20-23,25,28-30H,7-19H2,1-6H3. The molecule has 0 amide bonds. The number of rotatable bonds is 15. The summed E-state index contributed by atoms with van der Waals surface area (Å²) < 4.78 is 0. The Kier molecular flexibility index (Phi) is 12.2. The molecule has 0 aliphatic heterocycles. The van der Waals surface area contributed by atoms with Gasteiger partial charge in [0.15, 0.2) is 0 Å². The van der Waals surface area contributed by atoms with Crippen LogP contribution in [0, 0.1) is 17.8 Å². The molecule has 0 aromatic rings. The smallest absolute Gasteiger partial charge is 0.0751 e. The zero-order valence-corrected chi connectivity index (χ0v) is 20.9. The molecular formula is C27H52O3. The number of aliphatic hydroxyl groups is 3. The molecule has 1 aliphatic carbocycles. The van der Waals surface area contributed by atoms with Crippen LogP contribution in [0.3, 0.4) is 0 Å². The number of hydrogen-bond donors (Lipinski definition) is 3. The van der Waals surface area contributed by atoms with Gasteiger partial charge in [0.05, 0.1) is 17.3 Å². The Bertz CT molecular complexity index is 494. The Hall–Kier alpha value is -0.380. The normalized spacial score (nSPS) is 27.2. The number of allylic oxidation sites excluding steroid dienone is 1. The van der Waals surface area contributed by atoms with E-state index in [1.165, 1.54) is 24.8 Å². The van der Waals surface area contributed by atoms with Crippen LogP contribution < -0.4 is 0 Å². The van der Waals surface area contributed by atoms with Crippen LogP contribution in [-0.2, 0) is 0 Å². The molecule has 0 spiro atoms. The van der Waals surface area contributed by atoms with Crippen LogP contribution in [0.4, 0.5) is 0 Å². The second-order valence-electron chi connectivity index (χ2n) is 11.2. The van der Waals surface area contributed by atoms with Crippen LogP contribution in [-0.4, -0.2) is 32.6 Å². The van der Waals surface area contributed by atoms with E-state index in [9.17, 15) is 15.3 Å². The van der Waals surface area contributed by atoms with E-state index in [0.717, 1.165) is 64.2 Å². The van der Waals surface area contributed by atoms with E-state index in [4.69, 9.17) is 0 Å². The van der Waals surface area contributed by atoms with E-state index in [1.54, 1.807) is 0 Å². The summed E-state index contributed by atoms with van der Waals surface area (Å²) in [4.78, 5) is 0. The zero-order valence-electron chi connectivity index (χ0n) is 20.9. The molecule has 1 rings (SSSR count). The van der Waals surface area contributed by atoms with Gasteiger partial charge in [-0.3, -0.25) is 0 Å². The summed E-state index contributed by atoms with van der Waals surface area (Å²) in [5, 5.41) is 31.4. The monoisotopic (exact) mass is 424 g/mol. The third kappa shape index (κ3) is 11.3. The number of hydrogen-bond acceptors (Lipinski definition) is 3. The summed E-state index contributed by atoms with van der Waals surface area (Å²) in [5.74, 6) is 1.58. The second kappa shape index (κ2) is 13.2. The zero-order chi connectivity index (χ0) is 22.8. The first-order chi connectivity index (χ1) is 14.0. The minimum absolute atomic E-state index is 0.276. The van der Waals surface area contributed by atoms with Gasteiger partial charge >= 0.3 is 0 Å². The molecule has 0 heterocycles. The van der Waals surface area contributed by atoms with Crippen molar-refractivity contribution in [1.29, 1.82) is 0 Å². The average molecular weight is 425 g/mol. The highest BCUT2D eigenvalue weighted by Gasteiger charge is 2.26. The molecule has 0 radical (unpaired) electrons. The molecule has 0 aromatic heterocycles. The maximum Gasteiger partial charge on any atom is 0.0751 e. The maximum atomic E-state index is 10.7. The van der Waals surface area contributed by atoms with E-state index in [1.807, 2.05) is 13.8 Å². The van der Waals surface area contributed by atoms with E-state index >= 15 is 0 Å². The van der Waals surface area contributed by atoms with Gasteiger partial charge in [-0.25, -0.2) is 0 Å². The Labute approximate surface area is 187 Å². The quantitative estimate of drug-likeness (QED) is 0.200. The molecular weight excluding hydrogens is 372 g/mol. The highest BCUT2D eigenvalue weighted by Crippen LogP contribution is 2.33. The highest BCUT2D eigenvalue weighted by molar-refractivity contribution is 5.11. The first-order valence-electron chi connectivity index (χ1n) is 12.8. The largest absolute Gasteiger partial charge is 0.390 e. The van der Waals surface area contributed by atoms with Crippen LogP contribution in [0.5, 0.6) is 0 Å². The molecule has 3 N–H and O–H groups in total. The van der Waals surface area contributed by atoms with Crippen molar-refractivity contribution < 1.29 is 15.3 Å². The first kappa shape index (κ1) is 27.7. The lowest BCUT2D eigenvalue weighted by atomic mass is 9.78. The summed E-state index contributed by atoms with van der Waals surface area (Å²) >= 11 is 0. The summed E-state index contributed by atoms with van der Waals surface area (Å²) in [6.45, 7) is 12.8. The van der Waals surface area contributed by atoms with Crippen LogP contribution in [0.15, 0.2) is 11.6 Å². The predicted molar refractivity (Wildman–Crippen MR) is 129 cm³/mol. The fraction of sp³-hybridized carbons (Fsp3) is 0.926. The molecule has 0 aromatic carbocycles. The SMILES string of the molecule is CCCCCC(C)(O)CCCC(C)(O)CCCC(C)CCC1=CC(O)C(C)C(C)C1. The average Bonchev–Trinajstić information content (AvgIpc) is 2.64. The third-order valence-electron chi connectivity index (χ3n) is 7.55. The van der Waals surface area contributed by atoms with Gasteiger partial charge in [0, 0.05) is 0 Å². The molecule has 1 aliphatic rings. The predicted octanol–water partition coefficient (Wildman–Crippen LogP) is 6.79. The minimum atomic E-state index is -0.624. The van der Waals surface area contributed by atoms with E-state index in [-0.39, 0.29) is 6.10 Å². The highest BCUT2D eigenvalue weighted by atomic mass is 16.3. The molecule has 6 atom stereocenters. The van der Waals surface area contributed by atoms with E-state index < -0.39 is 11.2 Å². The van der Waals surface area contributed by atoms with Gasteiger partial charge in [-0.2, -0.15) is 0 Å². The molecule has 0 fully saturated rings. The third-order valence-corrected chi connectivity index (χ3v) is 7.55. The summed E-state index contributed by atoms with van der Waals surface area (Å²) in [6.07, 6.45) is 15.0. The lowest BCUT2D eigenvalue weighted by molar-refractivity contribution is 0.0107. The van der Waals surface area contributed by atoms with Gasteiger partial charge in [-0.05, 0) is 83.0 Å². The van der Waals surface area contributed by atoms with E-state index in [0.29, 0.717) is 17.8 Å². The molecule has 178 valence electrons. The Morgan fingerprint density at radius 3 is 2.07 bits per heavy atom. The Morgan fingerprint density at radius 2 is 1.50 bits per heavy atom. The fourth-order valence-corrected chi connectivity index (χ4v) is 4.85. The van der Waals surface area contributed by atoms with Crippen molar-refractivity contribution in [3.05, 3.63) is 11.6 Å². The van der Waals surface area contributed by atoms with Crippen molar-refractivity contribution >= 4 is 0 Å². The Balaban J connectivity index is 2.22. The summed E-state index contributed by atoms with van der Waals surface area (Å²) in [5.41, 5.74) is 0.218. The summed E-state index contributed by atoms with van der Waals surface area (Å²) in [6, 6.07) is 0.